The van der Waals surface area contributed by atoms with Crippen molar-refractivity contribution >= 4 is 15.7 Å². The Bertz CT molecular complexity index is 863. The number of nitrogens with zero attached hydrogens (tertiary/aromatic N) is 1. The van der Waals surface area contributed by atoms with Gasteiger partial charge in [-0.3, -0.25) is 0 Å². The molecule has 146 valence electrons. The number of hydrogen-bond donors (Lipinski definition) is 2. The van der Waals surface area contributed by atoms with Crippen molar-refractivity contribution in [3.63, 3.8) is 0 Å². The van der Waals surface area contributed by atoms with Crippen LogP contribution in [-0.4, -0.2) is 42.1 Å². The summed E-state index contributed by atoms with van der Waals surface area (Å²) >= 11 is 0. The summed E-state index contributed by atoms with van der Waals surface area (Å²) in [7, 11) is 0.234. The maximum Gasteiger partial charge on any atom is 0.240 e. The van der Waals surface area contributed by atoms with Crippen LogP contribution in [-0.2, 0) is 10.0 Å². The third kappa shape index (κ3) is 4.86. The highest BCUT2D eigenvalue weighted by molar-refractivity contribution is 7.89. The van der Waals surface area contributed by atoms with Gasteiger partial charge in [-0.1, -0.05) is 18.2 Å². The molecule has 3 rings (SSSR count). The van der Waals surface area contributed by atoms with Crippen molar-refractivity contribution in [2.45, 2.75) is 23.8 Å². The highest BCUT2D eigenvalue weighted by Gasteiger charge is 2.29. The van der Waals surface area contributed by atoms with E-state index in [1.807, 2.05) is 19.0 Å². The van der Waals surface area contributed by atoms with Gasteiger partial charge in [0, 0.05) is 38.2 Å². The Morgan fingerprint density at radius 2 is 1.78 bits per heavy atom. The number of benzene rings is 2. The van der Waals surface area contributed by atoms with Gasteiger partial charge in [-0.25, -0.2) is 17.5 Å². The van der Waals surface area contributed by atoms with E-state index < -0.39 is 15.8 Å². The van der Waals surface area contributed by atoms with Crippen LogP contribution in [0.1, 0.15) is 24.4 Å². The molecule has 1 aliphatic rings. The first-order valence-corrected chi connectivity index (χ1v) is 10.7. The van der Waals surface area contributed by atoms with Crippen molar-refractivity contribution in [3.05, 3.63) is 59.9 Å². The van der Waals surface area contributed by atoms with Gasteiger partial charge < -0.3 is 9.80 Å². The fourth-order valence-corrected chi connectivity index (χ4v) is 4.67. The Labute approximate surface area is 160 Å². The maximum absolute atomic E-state index is 13.4. The predicted molar refractivity (Wildman–Crippen MR) is 105 cm³/mol. The first-order chi connectivity index (χ1) is 12.9. The summed E-state index contributed by atoms with van der Waals surface area (Å²) in [6.45, 7) is 2.35. The second-order valence-corrected chi connectivity index (χ2v) is 8.98. The molecule has 1 fully saturated rings. The summed E-state index contributed by atoms with van der Waals surface area (Å²) in [4.78, 5) is 3.38. The first kappa shape index (κ1) is 19.8. The molecule has 2 aromatic carbocycles. The standard InChI is InChI=1S/C20H26FN3O2S/c1-23(2)18-10-8-16(9-11-18)20(24-12-3-4-13-24)15-22-27(25,26)19-7-5-6-17(21)14-19/h5-11,14,20,22H,3-4,12-13,15H2,1-2H3/p+1/t20-/m1/s1. The summed E-state index contributed by atoms with van der Waals surface area (Å²) in [5, 5.41) is 0. The lowest BCUT2D eigenvalue weighted by Crippen LogP contribution is -3.11. The van der Waals surface area contributed by atoms with Gasteiger partial charge in [0.2, 0.25) is 10.0 Å². The predicted octanol–water partition coefficient (Wildman–Crippen LogP) is 1.59. The van der Waals surface area contributed by atoms with Crippen LogP contribution in [0.15, 0.2) is 53.4 Å². The Kier molecular flexibility index (Phi) is 6.14. The molecule has 7 heteroatoms. The van der Waals surface area contributed by atoms with Gasteiger partial charge in [-0.05, 0) is 30.3 Å². The highest BCUT2D eigenvalue weighted by atomic mass is 32.2. The average Bonchev–Trinajstić information content (AvgIpc) is 3.16. The monoisotopic (exact) mass is 392 g/mol. The minimum atomic E-state index is -3.75. The number of halogens is 1. The molecule has 1 aliphatic heterocycles. The van der Waals surface area contributed by atoms with Crippen LogP contribution in [0.25, 0.3) is 0 Å². The Morgan fingerprint density at radius 3 is 2.37 bits per heavy atom. The molecule has 0 unspecified atom stereocenters. The van der Waals surface area contributed by atoms with Crippen LogP contribution >= 0.6 is 0 Å². The number of hydrogen-bond acceptors (Lipinski definition) is 3. The van der Waals surface area contributed by atoms with Gasteiger partial charge in [-0.2, -0.15) is 0 Å². The molecule has 0 spiro atoms. The second-order valence-electron chi connectivity index (χ2n) is 7.21. The minimum absolute atomic E-state index is 0.0343. The number of sulfonamides is 1. The molecule has 1 heterocycles. The summed E-state index contributed by atoms with van der Waals surface area (Å²) in [5.41, 5.74) is 2.22. The summed E-state index contributed by atoms with van der Waals surface area (Å²) in [6.07, 6.45) is 2.30. The molecule has 0 bridgehead atoms. The highest BCUT2D eigenvalue weighted by Crippen LogP contribution is 2.18. The normalized spacial score (nSPS) is 16.4. The Hall–Kier alpha value is -1.96. The lowest BCUT2D eigenvalue weighted by atomic mass is 10.1. The summed E-state index contributed by atoms with van der Waals surface area (Å²) in [6, 6.07) is 13.4. The number of rotatable bonds is 7. The fourth-order valence-electron chi connectivity index (χ4n) is 3.59. The largest absolute Gasteiger partial charge is 0.378 e. The molecular weight excluding hydrogens is 365 g/mol. The third-order valence-electron chi connectivity index (χ3n) is 5.13. The molecular formula is C20H27FN3O2S+. The molecule has 2 aromatic rings. The van der Waals surface area contributed by atoms with E-state index in [2.05, 4.69) is 29.0 Å². The van der Waals surface area contributed by atoms with Crippen LogP contribution in [0.4, 0.5) is 10.1 Å². The van der Waals surface area contributed by atoms with Crippen molar-refractivity contribution in [2.24, 2.45) is 0 Å². The topological polar surface area (TPSA) is 53.9 Å². The van der Waals surface area contributed by atoms with E-state index in [-0.39, 0.29) is 17.5 Å². The second kappa shape index (κ2) is 8.37. The van der Waals surface area contributed by atoms with Crippen molar-refractivity contribution in [1.29, 1.82) is 0 Å². The van der Waals surface area contributed by atoms with Crippen LogP contribution in [0.2, 0.25) is 0 Å². The molecule has 27 heavy (non-hydrogen) atoms. The molecule has 1 saturated heterocycles. The maximum atomic E-state index is 13.4. The van der Waals surface area contributed by atoms with E-state index >= 15 is 0 Å². The number of quaternary nitrogens is 1. The SMILES string of the molecule is CN(C)c1ccc([C@@H](CNS(=O)(=O)c2cccc(F)c2)[NH+]2CCCC2)cc1. The van der Waals surface area contributed by atoms with Crippen molar-refractivity contribution < 1.29 is 17.7 Å². The van der Waals surface area contributed by atoms with E-state index in [4.69, 9.17) is 0 Å². The van der Waals surface area contributed by atoms with Crippen LogP contribution in [0, 0.1) is 5.82 Å². The van der Waals surface area contributed by atoms with Gasteiger partial charge in [0.15, 0.2) is 0 Å². The zero-order chi connectivity index (χ0) is 19.4. The lowest BCUT2D eigenvalue weighted by Gasteiger charge is -2.26. The summed E-state index contributed by atoms with van der Waals surface area (Å²) < 4.78 is 41.3. The van der Waals surface area contributed by atoms with E-state index in [0.717, 1.165) is 43.2 Å². The molecule has 0 aromatic heterocycles. The quantitative estimate of drug-likeness (QED) is 0.753. The number of likely N-dealkylation sites (tertiary alicyclic amines) is 1. The van der Waals surface area contributed by atoms with E-state index in [0.29, 0.717) is 0 Å². The zero-order valence-corrected chi connectivity index (χ0v) is 16.6. The van der Waals surface area contributed by atoms with Gasteiger partial charge in [0.1, 0.15) is 11.9 Å². The zero-order valence-electron chi connectivity index (χ0n) is 15.8. The Morgan fingerprint density at radius 1 is 1.11 bits per heavy atom. The van der Waals surface area contributed by atoms with Crippen LogP contribution in [0.3, 0.4) is 0 Å². The van der Waals surface area contributed by atoms with Gasteiger partial charge >= 0.3 is 0 Å². The van der Waals surface area contributed by atoms with Crippen LogP contribution < -0.4 is 14.5 Å². The van der Waals surface area contributed by atoms with Crippen molar-refractivity contribution in [3.8, 4) is 0 Å². The third-order valence-corrected chi connectivity index (χ3v) is 6.56. The molecule has 0 radical (unpaired) electrons. The smallest absolute Gasteiger partial charge is 0.240 e. The molecule has 0 saturated carbocycles. The van der Waals surface area contributed by atoms with Gasteiger partial charge in [-0.15, -0.1) is 0 Å². The summed E-state index contributed by atoms with van der Waals surface area (Å²) in [5.74, 6) is -0.557. The van der Waals surface area contributed by atoms with Gasteiger partial charge in [0.05, 0.1) is 24.5 Å². The molecule has 0 aliphatic carbocycles. The lowest BCUT2D eigenvalue weighted by molar-refractivity contribution is -0.918. The number of anilines is 1. The van der Waals surface area contributed by atoms with Crippen LogP contribution in [0.5, 0.6) is 0 Å². The Balaban J connectivity index is 1.79. The van der Waals surface area contributed by atoms with Crippen molar-refractivity contribution in [1.82, 2.24) is 4.72 Å². The van der Waals surface area contributed by atoms with Crippen molar-refractivity contribution in [2.75, 3.05) is 38.6 Å². The van der Waals surface area contributed by atoms with Gasteiger partial charge in [0.25, 0.3) is 0 Å². The van der Waals surface area contributed by atoms with E-state index in [9.17, 15) is 12.8 Å². The number of nitrogens with one attached hydrogen (secondary N) is 2. The molecule has 2 N–H and O–H groups in total. The average molecular weight is 393 g/mol. The molecule has 5 nitrogen and oxygen atoms in total. The minimum Gasteiger partial charge on any atom is -0.378 e. The van der Waals surface area contributed by atoms with E-state index in [1.54, 1.807) is 0 Å². The molecule has 1 atom stereocenters. The van der Waals surface area contributed by atoms with E-state index in [1.165, 1.54) is 23.1 Å². The fraction of sp³-hybridized carbons (Fsp3) is 0.400. The molecule has 0 amide bonds. The first-order valence-electron chi connectivity index (χ1n) is 9.24.